The van der Waals surface area contributed by atoms with Crippen molar-refractivity contribution in [1.82, 2.24) is 5.32 Å². The zero-order chi connectivity index (χ0) is 18.2. The highest BCUT2D eigenvalue weighted by Gasteiger charge is 2.11. The Bertz CT molecular complexity index is 747. The Morgan fingerprint density at radius 1 is 1.12 bits per heavy atom. The van der Waals surface area contributed by atoms with Gasteiger partial charge >= 0.3 is 0 Å². The van der Waals surface area contributed by atoms with E-state index in [4.69, 9.17) is 15.2 Å². The number of carbonyl (C=O) groups is 2. The summed E-state index contributed by atoms with van der Waals surface area (Å²) in [7, 11) is 1.43. The van der Waals surface area contributed by atoms with Crippen molar-refractivity contribution in [3.63, 3.8) is 0 Å². The zero-order valence-electron chi connectivity index (χ0n) is 13.8. The number of halogens is 1. The van der Waals surface area contributed by atoms with Crippen molar-refractivity contribution in [1.29, 1.82) is 0 Å². The first kappa shape index (κ1) is 18.3. The van der Waals surface area contributed by atoms with Gasteiger partial charge in [0.15, 0.2) is 18.1 Å². The Morgan fingerprint density at radius 2 is 1.84 bits per heavy atom. The van der Waals surface area contributed by atoms with Crippen LogP contribution in [0.3, 0.4) is 0 Å². The van der Waals surface area contributed by atoms with E-state index in [1.807, 2.05) is 0 Å². The summed E-state index contributed by atoms with van der Waals surface area (Å²) < 4.78 is 23.2. The maximum Gasteiger partial charge on any atom is 0.255 e. The molecule has 25 heavy (non-hydrogen) atoms. The molecule has 2 rings (SSSR count). The molecule has 7 heteroatoms. The molecule has 0 saturated carbocycles. The van der Waals surface area contributed by atoms with Gasteiger partial charge in [0.2, 0.25) is 0 Å². The van der Waals surface area contributed by atoms with Gasteiger partial charge < -0.3 is 20.5 Å². The lowest BCUT2D eigenvalue weighted by Gasteiger charge is -2.11. The number of ether oxygens (including phenoxy) is 2. The number of nitrogens with two attached hydrogens (primary N) is 1. The normalized spacial score (nSPS) is 10.2. The Balaban J connectivity index is 1.94. The molecule has 2 amide bonds. The molecule has 0 radical (unpaired) electrons. The molecule has 2 aromatic rings. The Morgan fingerprint density at radius 3 is 2.48 bits per heavy atom. The fourth-order valence-electron chi connectivity index (χ4n) is 2.15. The minimum absolute atomic E-state index is 0.276. The number of primary amides is 1. The monoisotopic (exact) mass is 346 g/mol. The van der Waals surface area contributed by atoms with E-state index in [-0.39, 0.29) is 18.3 Å². The summed E-state index contributed by atoms with van der Waals surface area (Å²) in [6, 6.07) is 10.7. The minimum Gasteiger partial charge on any atom is -0.493 e. The second kappa shape index (κ2) is 8.68. The SMILES string of the molecule is COc1cc(C(=O)NCCc2ccc(F)cc2)ccc1OCC(N)=O. The molecule has 0 aliphatic heterocycles. The maximum absolute atomic E-state index is 12.8. The van der Waals surface area contributed by atoms with Gasteiger partial charge in [0.1, 0.15) is 5.82 Å². The van der Waals surface area contributed by atoms with Crippen LogP contribution in [0.5, 0.6) is 11.5 Å². The zero-order valence-corrected chi connectivity index (χ0v) is 13.8. The second-order valence-corrected chi connectivity index (χ2v) is 5.25. The number of rotatable bonds is 8. The molecule has 0 aliphatic carbocycles. The number of carbonyl (C=O) groups excluding carboxylic acids is 2. The van der Waals surface area contributed by atoms with Crippen molar-refractivity contribution in [2.75, 3.05) is 20.3 Å². The van der Waals surface area contributed by atoms with E-state index in [9.17, 15) is 14.0 Å². The van der Waals surface area contributed by atoms with Crippen LogP contribution in [0.15, 0.2) is 42.5 Å². The van der Waals surface area contributed by atoms with Crippen molar-refractivity contribution in [3.05, 3.63) is 59.4 Å². The molecule has 0 saturated heterocycles. The van der Waals surface area contributed by atoms with E-state index in [0.717, 1.165) is 5.56 Å². The molecule has 6 nitrogen and oxygen atoms in total. The number of methoxy groups -OCH3 is 1. The van der Waals surface area contributed by atoms with Gasteiger partial charge in [0, 0.05) is 12.1 Å². The third-order valence-corrected chi connectivity index (χ3v) is 3.41. The van der Waals surface area contributed by atoms with E-state index in [1.54, 1.807) is 18.2 Å². The van der Waals surface area contributed by atoms with Gasteiger partial charge in [-0.15, -0.1) is 0 Å². The smallest absolute Gasteiger partial charge is 0.255 e. The van der Waals surface area contributed by atoms with Gasteiger partial charge in [0.25, 0.3) is 11.8 Å². The summed E-state index contributed by atoms with van der Waals surface area (Å²) in [4.78, 5) is 23.0. The van der Waals surface area contributed by atoms with Crippen molar-refractivity contribution in [2.45, 2.75) is 6.42 Å². The molecular weight excluding hydrogens is 327 g/mol. The lowest BCUT2D eigenvalue weighted by Crippen LogP contribution is -2.25. The van der Waals surface area contributed by atoms with Crippen LogP contribution in [0, 0.1) is 5.82 Å². The van der Waals surface area contributed by atoms with Gasteiger partial charge in [-0.3, -0.25) is 9.59 Å². The van der Waals surface area contributed by atoms with Gasteiger partial charge in [0.05, 0.1) is 7.11 Å². The summed E-state index contributed by atoms with van der Waals surface area (Å²) in [5.41, 5.74) is 6.35. The van der Waals surface area contributed by atoms with Crippen LogP contribution in [-0.4, -0.2) is 32.1 Å². The van der Waals surface area contributed by atoms with Crippen LogP contribution in [0.25, 0.3) is 0 Å². The highest BCUT2D eigenvalue weighted by atomic mass is 19.1. The lowest BCUT2D eigenvalue weighted by molar-refractivity contribution is -0.119. The van der Waals surface area contributed by atoms with Crippen LogP contribution in [0.2, 0.25) is 0 Å². The number of amides is 2. The Labute approximate surface area is 144 Å². The average Bonchev–Trinajstić information content (AvgIpc) is 2.61. The molecule has 3 N–H and O–H groups in total. The number of nitrogens with one attached hydrogen (secondary N) is 1. The fourth-order valence-corrected chi connectivity index (χ4v) is 2.15. The highest BCUT2D eigenvalue weighted by Crippen LogP contribution is 2.28. The van der Waals surface area contributed by atoms with Crippen LogP contribution in [-0.2, 0) is 11.2 Å². The van der Waals surface area contributed by atoms with E-state index in [2.05, 4.69) is 5.32 Å². The molecule has 0 heterocycles. The van der Waals surface area contributed by atoms with Crippen molar-refractivity contribution < 1.29 is 23.5 Å². The third-order valence-electron chi connectivity index (χ3n) is 3.41. The largest absolute Gasteiger partial charge is 0.493 e. The summed E-state index contributed by atoms with van der Waals surface area (Å²) in [6.07, 6.45) is 0.586. The number of hydrogen-bond donors (Lipinski definition) is 2. The van der Waals surface area contributed by atoms with Gasteiger partial charge in [-0.05, 0) is 42.3 Å². The molecule has 0 aliphatic rings. The molecule has 0 fully saturated rings. The molecule has 0 atom stereocenters. The van der Waals surface area contributed by atoms with Gasteiger partial charge in [-0.2, -0.15) is 0 Å². The van der Waals surface area contributed by atoms with E-state index < -0.39 is 5.91 Å². The van der Waals surface area contributed by atoms with Crippen molar-refractivity contribution >= 4 is 11.8 Å². The predicted molar refractivity (Wildman–Crippen MR) is 90.1 cm³/mol. The third kappa shape index (κ3) is 5.49. The summed E-state index contributed by atoms with van der Waals surface area (Å²) in [6.45, 7) is 0.131. The van der Waals surface area contributed by atoms with Gasteiger partial charge in [-0.25, -0.2) is 4.39 Å². The maximum atomic E-state index is 12.8. The molecule has 0 bridgehead atoms. The number of benzene rings is 2. The molecule has 0 spiro atoms. The number of hydrogen-bond acceptors (Lipinski definition) is 4. The first-order valence-electron chi connectivity index (χ1n) is 7.61. The van der Waals surface area contributed by atoms with Crippen LogP contribution in [0.4, 0.5) is 4.39 Å². The second-order valence-electron chi connectivity index (χ2n) is 5.25. The molecular formula is C18H19FN2O4. The summed E-state index contributed by atoms with van der Waals surface area (Å²) in [5, 5.41) is 2.78. The average molecular weight is 346 g/mol. The van der Waals surface area contributed by atoms with Crippen LogP contribution < -0.4 is 20.5 Å². The first-order chi connectivity index (χ1) is 12.0. The Kier molecular flexibility index (Phi) is 6.33. The van der Waals surface area contributed by atoms with Crippen molar-refractivity contribution in [3.8, 4) is 11.5 Å². The van der Waals surface area contributed by atoms with Crippen LogP contribution >= 0.6 is 0 Å². The molecule has 2 aromatic carbocycles. The first-order valence-corrected chi connectivity index (χ1v) is 7.61. The lowest BCUT2D eigenvalue weighted by atomic mass is 10.1. The summed E-state index contributed by atoms with van der Waals surface area (Å²) in [5.74, 6) is -0.526. The van der Waals surface area contributed by atoms with Gasteiger partial charge in [-0.1, -0.05) is 12.1 Å². The van der Waals surface area contributed by atoms with E-state index >= 15 is 0 Å². The summed E-state index contributed by atoms with van der Waals surface area (Å²) >= 11 is 0. The quantitative estimate of drug-likeness (QED) is 0.761. The highest BCUT2D eigenvalue weighted by molar-refractivity contribution is 5.94. The molecule has 132 valence electrons. The molecule has 0 aromatic heterocycles. The minimum atomic E-state index is -0.607. The Hall–Kier alpha value is -3.09. The van der Waals surface area contributed by atoms with E-state index in [1.165, 1.54) is 31.4 Å². The van der Waals surface area contributed by atoms with E-state index in [0.29, 0.717) is 30.0 Å². The fraction of sp³-hybridized carbons (Fsp3) is 0.222. The van der Waals surface area contributed by atoms with Crippen LogP contribution in [0.1, 0.15) is 15.9 Å². The van der Waals surface area contributed by atoms with Crippen molar-refractivity contribution in [2.24, 2.45) is 5.73 Å². The topological polar surface area (TPSA) is 90.7 Å². The molecule has 0 unspecified atom stereocenters. The standard InChI is InChI=1S/C18H19FN2O4/c1-24-16-10-13(4-7-15(16)25-11-17(20)22)18(23)21-9-8-12-2-5-14(19)6-3-12/h2-7,10H,8-9,11H2,1H3,(H2,20,22)(H,21,23). The predicted octanol–water partition coefficient (Wildman–Crippen LogP) is 1.67.